The van der Waals surface area contributed by atoms with Gasteiger partial charge in [0.05, 0.1) is 0 Å². The van der Waals surface area contributed by atoms with E-state index in [4.69, 9.17) is 9.84 Å². The summed E-state index contributed by atoms with van der Waals surface area (Å²) in [6, 6.07) is 7.11. The van der Waals surface area contributed by atoms with Gasteiger partial charge in [0.1, 0.15) is 18.1 Å². The quantitative estimate of drug-likeness (QED) is 0.564. The van der Waals surface area contributed by atoms with Gasteiger partial charge in [0.25, 0.3) is 0 Å². The summed E-state index contributed by atoms with van der Waals surface area (Å²) in [5.74, 6) is 0.747. The molecular weight excluding hydrogens is 164 g/mol. The van der Waals surface area contributed by atoms with Crippen molar-refractivity contribution in [1.29, 1.82) is 0 Å². The van der Waals surface area contributed by atoms with Crippen LogP contribution in [0.3, 0.4) is 0 Å². The molecule has 0 aliphatic rings. The molecule has 1 aromatic carbocycles. The molecule has 0 amide bonds. The standard InChI is InChI=1S/C11H12O2/c1-3-7-13-11-6-4-5-10(8-11)9(2)12/h3-6,8,12H,1-2,7H2. The van der Waals surface area contributed by atoms with Gasteiger partial charge in [-0.05, 0) is 12.1 Å². The maximum atomic E-state index is 9.10. The Morgan fingerprint density at radius 2 is 2.31 bits per heavy atom. The number of aliphatic hydroxyl groups is 1. The molecule has 0 saturated heterocycles. The van der Waals surface area contributed by atoms with Crippen LogP contribution in [0.25, 0.3) is 5.76 Å². The van der Waals surface area contributed by atoms with Crippen LogP contribution >= 0.6 is 0 Å². The summed E-state index contributed by atoms with van der Waals surface area (Å²) in [6.45, 7) is 7.43. The molecule has 13 heavy (non-hydrogen) atoms. The first kappa shape index (κ1) is 9.39. The van der Waals surface area contributed by atoms with Crippen molar-refractivity contribution in [3.05, 3.63) is 49.1 Å². The number of hydrogen-bond donors (Lipinski definition) is 1. The van der Waals surface area contributed by atoms with Crippen molar-refractivity contribution in [3.63, 3.8) is 0 Å². The Hall–Kier alpha value is -1.70. The summed E-state index contributed by atoms with van der Waals surface area (Å²) in [7, 11) is 0. The van der Waals surface area contributed by atoms with Crippen LogP contribution in [0.1, 0.15) is 5.56 Å². The van der Waals surface area contributed by atoms with Crippen molar-refractivity contribution < 1.29 is 9.84 Å². The minimum absolute atomic E-state index is 0.0454. The highest BCUT2D eigenvalue weighted by atomic mass is 16.5. The summed E-state index contributed by atoms with van der Waals surface area (Å²) in [5.41, 5.74) is 0.668. The monoisotopic (exact) mass is 176 g/mol. The lowest BCUT2D eigenvalue weighted by atomic mass is 10.2. The molecule has 0 aliphatic carbocycles. The maximum Gasteiger partial charge on any atom is 0.120 e. The molecule has 68 valence electrons. The normalized spacial score (nSPS) is 9.23. The van der Waals surface area contributed by atoms with Gasteiger partial charge in [-0.15, -0.1) is 0 Å². The lowest BCUT2D eigenvalue weighted by molar-refractivity contribution is 0.363. The predicted octanol–water partition coefficient (Wildman–Crippen LogP) is 2.78. The zero-order chi connectivity index (χ0) is 9.68. The molecule has 2 heteroatoms. The fourth-order valence-electron chi connectivity index (χ4n) is 0.921. The Morgan fingerprint density at radius 3 is 2.92 bits per heavy atom. The summed E-state index contributed by atoms with van der Waals surface area (Å²) in [4.78, 5) is 0. The first-order valence-electron chi connectivity index (χ1n) is 3.96. The zero-order valence-corrected chi connectivity index (χ0v) is 7.36. The molecule has 1 rings (SSSR count). The van der Waals surface area contributed by atoms with Gasteiger partial charge >= 0.3 is 0 Å². The molecule has 0 bridgehead atoms. The molecule has 1 aromatic rings. The Labute approximate surface area is 77.8 Å². The first-order valence-corrected chi connectivity index (χ1v) is 3.96. The zero-order valence-electron chi connectivity index (χ0n) is 7.36. The molecule has 2 nitrogen and oxygen atoms in total. The predicted molar refractivity (Wildman–Crippen MR) is 53.8 cm³/mol. The molecule has 0 fully saturated rings. The SMILES string of the molecule is C=CCOc1cccc(C(=C)O)c1. The molecule has 0 unspecified atom stereocenters. The molecule has 0 saturated carbocycles. The fourth-order valence-corrected chi connectivity index (χ4v) is 0.921. The first-order chi connectivity index (χ1) is 6.24. The average molecular weight is 176 g/mol. The molecule has 1 N–H and O–H groups in total. The van der Waals surface area contributed by atoms with E-state index in [-0.39, 0.29) is 5.76 Å². The number of ether oxygens (including phenoxy) is 1. The lowest BCUT2D eigenvalue weighted by Gasteiger charge is -2.04. The third-order valence-corrected chi connectivity index (χ3v) is 1.54. The van der Waals surface area contributed by atoms with E-state index in [0.29, 0.717) is 17.9 Å². The van der Waals surface area contributed by atoms with Crippen LogP contribution < -0.4 is 4.74 Å². The Bertz CT molecular complexity index is 316. The van der Waals surface area contributed by atoms with E-state index in [1.165, 1.54) is 0 Å². The second-order valence-electron chi connectivity index (χ2n) is 2.57. The Morgan fingerprint density at radius 1 is 1.54 bits per heavy atom. The van der Waals surface area contributed by atoms with Crippen molar-refractivity contribution in [2.45, 2.75) is 0 Å². The van der Waals surface area contributed by atoms with Gasteiger partial charge in [-0.2, -0.15) is 0 Å². The smallest absolute Gasteiger partial charge is 0.120 e. The van der Waals surface area contributed by atoms with E-state index in [1.807, 2.05) is 6.07 Å². The highest BCUT2D eigenvalue weighted by Gasteiger charge is 1.97. The topological polar surface area (TPSA) is 29.5 Å². The van der Waals surface area contributed by atoms with Gasteiger partial charge < -0.3 is 9.84 Å². The molecule has 0 aliphatic heterocycles. The molecular formula is C11H12O2. The van der Waals surface area contributed by atoms with Gasteiger partial charge in [0.15, 0.2) is 0 Å². The van der Waals surface area contributed by atoms with Gasteiger partial charge in [-0.25, -0.2) is 0 Å². The Kier molecular flexibility index (Phi) is 3.15. The van der Waals surface area contributed by atoms with E-state index >= 15 is 0 Å². The number of rotatable bonds is 4. The third kappa shape index (κ3) is 2.67. The van der Waals surface area contributed by atoms with Crippen LogP contribution in [0.4, 0.5) is 0 Å². The largest absolute Gasteiger partial charge is 0.508 e. The van der Waals surface area contributed by atoms with E-state index in [2.05, 4.69) is 13.2 Å². The number of benzene rings is 1. The van der Waals surface area contributed by atoms with E-state index in [0.717, 1.165) is 0 Å². The van der Waals surface area contributed by atoms with Crippen LogP contribution in [0, 0.1) is 0 Å². The van der Waals surface area contributed by atoms with Gasteiger partial charge in [-0.1, -0.05) is 31.4 Å². The van der Waals surface area contributed by atoms with Crippen LogP contribution in [0.2, 0.25) is 0 Å². The maximum absolute atomic E-state index is 9.10. The summed E-state index contributed by atoms with van der Waals surface area (Å²) < 4.78 is 5.28. The van der Waals surface area contributed by atoms with E-state index < -0.39 is 0 Å². The second kappa shape index (κ2) is 4.36. The molecule has 0 spiro atoms. The fraction of sp³-hybridized carbons (Fsp3) is 0.0909. The van der Waals surface area contributed by atoms with E-state index in [1.54, 1.807) is 24.3 Å². The third-order valence-electron chi connectivity index (χ3n) is 1.54. The number of aliphatic hydroxyl groups excluding tert-OH is 1. The Balaban J connectivity index is 2.79. The molecule has 0 heterocycles. The van der Waals surface area contributed by atoms with Crippen LogP contribution in [-0.4, -0.2) is 11.7 Å². The van der Waals surface area contributed by atoms with Crippen molar-refractivity contribution >= 4 is 5.76 Å². The molecule has 0 aromatic heterocycles. The molecule has 0 atom stereocenters. The van der Waals surface area contributed by atoms with Crippen molar-refractivity contribution in [3.8, 4) is 5.75 Å². The number of hydrogen-bond acceptors (Lipinski definition) is 2. The highest BCUT2D eigenvalue weighted by Crippen LogP contribution is 2.17. The summed E-state index contributed by atoms with van der Waals surface area (Å²) >= 11 is 0. The summed E-state index contributed by atoms with van der Waals surface area (Å²) in [6.07, 6.45) is 1.67. The second-order valence-corrected chi connectivity index (χ2v) is 2.57. The molecule has 0 radical (unpaired) electrons. The van der Waals surface area contributed by atoms with Gasteiger partial charge in [-0.3, -0.25) is 0 Å². The van der Waals surface area contributed by atoms with Crippen LogP contribution in [-0.2, 0) is 0 Å². The minimum Gasteiger partial charge on any atom is -0.508 e. The van der Waals surface area contributed by atoms with E-state index in [9.17, 15) is 0 Å². The van der Waals surface area contributed by atoms with Gasteiger partial charge in [0, 0.05) is 5.56 Å². The minimum atomic E-state index is 0.0454. The van der Waals surface area contributed by atoms with Crippen LogP contribution in [0.5, 0.6) is 5.75 Å². The average Bonchev–Trinajstić information content (AvgIpc) is 2.15. The highest BCUT2D eigenvalue weighted by molar-refractivity contribution is 5.57. The van der Waals surface area contributed by atoms with Crippen molar-refractivity contribution in [2.24, 2.45) is 0 Å². The lowest BCUT2D eigenvalue weighted by Crippen LogP contribution is -1.93. The van der Waals surface area contributed by atoms with Crippen molar-refractivity contribution in [2.75, 3.05) is 6.61 Å². The summed E-state index contributed by atoms with van der Waals surface area (Å²) in [5, 5.41) is 9.10. The van der Waals surface area contributed by atoms with Crippen LogP contribution in [0.15, 0.2) is 43.5 Å². The van der Waals surface area contributed by atoms with Gasteiger partial charge in [0.2, 0.25) is 0 Å². The van der Waals surface area contributed by atoms with Crippen molar-refractivity contribution in [1.82, 2.24) is 0 Å².